The van der Waals surface area contributed by atoms with Crippen molar-refractivity contribution in [2.45, 2.75) is 19.0 Å². The Balaban J connectivity index is 1.38. The molecule has 0 spiro atoms. The molecular formula is C18H18N2O4. The van der Waals surface area contributed by atoms with Crippen LogP contribution in [0, 0.1) is 5.92 Å². The lowest BCUT2D eigenvalue weighted by atomic mass is 10.1. The van der Waals surface area contributed by atoms with Crippen LogP contribution in [0.2, 0.25) is 0 Å². The van der Waals surface area contributed by atoms with Gasteiger partial charge in [-0.25, -0.2) is 0 Å². The highest BCUT2D eigenvalue weighted by atomic mass is 16.5. The molecule has 6 nitrogen and oxygen atoms in total. The van der Waals surface area contributed by atoms with E-state index < -0.39 is 0 Å². The Bertz CT molecular complexity index is 756. The molecule has 124 valence electrons. The number of hydrogen-bond donors (Lipinski definition) is 1. The van der Waals surface area contributed by atoms with E-state index in [2.05, 4.69) is 5.32 Å². The van der Waals surface area contributed by atoms with Crippen molar-refractivity contribution in [2.24, 2.45) is 5.92 Å². The van der Waals surface area contributed by atoms with E-state index in [0.29, 0.717) is 19.7 Å². The predicted molar refractivity (Wildman–Crippen MR) is 85.1 cm³/mol. The summed E-state index contributed by atoms with van der Waals surface area (Å²) in [6.45, 7) is 1.26. The first-order valence-corrected chi connectivity index (χ1v) is 8.03. The zero-order valence-corrected chi connectivity index (χ0v) is 13.1. The Morgan fingerprint density at radius 1 is 1.25 bits per heavy atom. The first kappa shape index (κ1) is 14.8. The fraction of sp³-hybridized carbons (Fsp3) is 0.333. The predicted octanol–water partition coefficient (Wildman–Crippen LogP) is 1.88. The van der Waals surface area contributed by atoms with Crippen LogP contribution in [0.25, 0.3) is 0 Å². The van der Waals surface area contributed by atoms with Crippen molar-refractivity contribution >= 4 is 11.8 Å². The second-order valence-corrected chi connectivity index (χ2v) is 6.16. The van der Waals surface area contributed by atoms with E-state index >= 15 is 0 Å². The molecule has 1 saturated heterocycles. The van der Waals surface area contributed by atoms with Gasteiger partial charge in [0.25, 0.3) is 0 Å². The molecule has 0 saturated carbocycles. The molecule has 2 aromatic rings. The normalized spacial score (nSPS) is 22.3. The number of amides is 2. The molecule has 2 atom stereocenters. The van der Waals surface area contributed by atoms with Crippen molar-refractivity contribution in [1.29, 1.82) is 0 Å². The number of ether oxygens (including phenoxy) is 1. The van der Waals surface area contributed by atoms with E-state index in [9.17, 15) is 9.59 Å². The van der Waals surface area contributed by atoms with Gasteiger partial charge >= 0.3 is 0 Å². The third-order valence-electron chi connectivity index (χ3n) is 4.53. The molecule has 0 bridgehead atoms. The highest BCUT2D eigenvalue weighted by molar-refractivity contribution is 5.89. The van der Waals surface area contributed by atoms with Crippen LogP contribution in [-0.4, -0.2) is 29.9 Å². The number of likely N-dealkylation sites (tertiary alicyclic amines) is 1. The summed E-state index contributed by atoms with van der Waals surface area (Å²) in [5.74, 6) is 1.08. The van der Waals surface area contributed by atoms with Crippen LogP contribution in [0.3, 0.4) is 0 Å². The summed E-state index contributed by atoms with van der Waals surface area (Å²) in [5.41, 5.74) is 0.989. The third kappa shape index (κ3) is 2.75. The van der Waals surface area contributed by atoms with Crippen LogP contribution >= 0.6 is 0 Å². The Kier molecular flexibility index (Phi) is 3.72. The van der Waals surface area contributed by atoms with Crippen LogP contribution in [0.15, 0.2) is 47.1 Å². The molecule has 0 radical (unpaired) electrons. The minimum atomic E-state index is -0.333. The lowest BCUT2D eigenvalue weighted by molar-refractivity contribution is -0.129. The van der Waals surface area contributed by atoms with Crippen LogP contribution in [0.1, 0.15) is 23.8 Å². The van der Waals surface area contributed by atoms with Gasteiger partial charge in [0.1, 0.15) is 18.1 Å². The number of carbonyl (C=O) groups excluding carboxylic acids is 2. The molecule has 0 unspecified atom stereocenters. The summed E-state index contributed by atoms with van der Waals surface area (Å²) in [6, 6.07) is 11.2. The molecule has 1 aromatic carbocycles. The number of carbonyl (C=O) groups is 2. The van der Waals surface area contributed by atoms with Crippen LogP contribution in [-0.2, 0) is 16.1 Å². The molecule has 2 amide bonds. The number of para-hydroxylation sites is 1. The monoisotopic (exact) mass is 326 g/mol. The molecular weight excluding hydrogens is 308 g/mol. The Labute approximate surface area is 139 Å². The fourth-order valence-electron chi connectivity index (χ4n) is 3.26. The summed E-state index contributed by atoms with van der Waals surface area (Å²) in [4.78, 5) is 26.3. The lowest BCUT2D eigenvalue weighted by Crippen LogP contribution is -2.36. The summed E-state index contributed by atoms with van der Waals surface area (Å²) in [6.07, 6.45) is 1.82. The molecule has 0 aliphatic carbocycles. The number of rotatable bonds is 4. The van der Waals surface area contributed by atoms with Gasteiger partial charge in [0.2, 0.25) is 11.8 Å². The van der Waals surface area contributed by atoms with Crippen molar-refractivity contribution in [3.8, 4) is 5.75 Å². The number of benzene rings is 1. The molecule has 2 aliphatic heterocycles. The van der Waals surface area contributed by atoms with E-state index in [0.717, 1.165) is 17.1 Å². The maximum absolute atomic E-state index is 12.5. The molecule has 24 heavy (non-hydrogen) atoms. The summed E-state index contributed by atoms with van der Waals surface area (Å²) < 4.78 is 10.9. The largest absolute Gasteiger partial charge is 0.491 e. The maximum Gasteiger partial charge on any atom is 0.226 e. The summed E-state index contributed by atoms with van der Waals surface area (Å²) >= 11 is 0. The van der Waals surface area contributed by atoms with Crippen LogP contribution in [0.4, 0.5) is 0 Å². The molecule has 6 heteroatoms. The number of nitrogens with zero attached hydrogens (tertiary/aromatic N) is 1. The zero-order chi connectivity index (χ0) is 16.5. The first-order valence-electron chi connectivity index (χ1n) is 8.03. The van der Waals surface area contributed by atoms with E-state index in [-0.39, 0.29) is 30.2 Å². The van der Waals surface area contributed by atoms with Crippen molar-refractivity contribution in [3.63, 3.8) is 0 Å². The number of hydrogen-bond acceptors (Lipinski definition) is 4. The topological polar surface area (TPSA) is 71.8 Å². The van der Waals surface area contributed by atoms with E-state index in [4.69, 9.17) is 9.15 Å². The minimum absolute atomic E-state index is 0.0189. The van der Waals surface area contributed by atoms with Gasteiger partial charge in [-0.1, -0.05) is 18.2 Å². The van der Waals surface area contributed by atoms with Crippen LogP contribution in [0.5, 0.6) is 5.75 Å². The number of fused-ring (bicyclic) bond motifs is 1. The Hall–Kier alpha value is -2.76. The second kappa shape index (κ2) is 6.03. The van der Waals surface area contributed by atoms with Crippen molar-refractivity contribution in [3.05, 3.63) is 54.0 Å². The SMILES string of the molecule is O=C(N[C@H]1COc2ccccc21)[C@H]1CC(=O)N(Cc2ccco2)C1. The van der Waals surface area contributed by atoms with Crippen molar-refractivity contribution < 1.29 is 18.7 Å². The molecule has 4 rings (SSSR count). The Morgan fingerprint density at radius 3 is 2.96 bits per heavy atom. The quantitative estimate of drug-likeness (QED) is 0.931. The van der Waals surface area contributed by atoms with Gasteiger partial charge in [-0.15, -0.1) is 0 Å². The third-order valence-corrected chi connectivity index (χ3v) is 4.53. The first-order chi connectivity index (χ1) is 11.7. The van der Waals surface area contributed by atoms with Gasteiger partial charge in [-0.3, -0.25) is 9.59 Å². The van der Waals surface area contributed by atoms with Gasteiger partial charge in [0, 0.05) is 18.5 Å². The standard InChI is InChI=1S/C18H18N2O4/c21-17-8-12(9-20(17)10-13-4-3-7-23-13)18(22)19-15-11-24-16-6-2-1-5-14(15)16/h1-7,12,15H,8-11H2,(H,19,22)/t12-,15-/m0/s1. The van der Waals surface area contributed by atoms with E-state index in [1.807, 2.05) is 30.3 Å². The van der Waals surface area contributed by atoms with Gasteiger partial charge in [-0.2, -0.15) is 0 Å². The fourth-order valence-corrected chi connectivity index (χ4v) is 3.26. The average Bonchev–Trinajstić information content (AvgIpc) is 3.30. The average molecular weight is 326 g/mol. The summed E-state index contributed by atoms with van der Waals surface area (Å²) in [5, 5.41) is 3.01. The van der Waals surface area contributed by atoms with Crippen molar-refractivity contribution in [1.82, 2.24) is 10.2 Å². The lowest BCUT2D eigenvalue weighted by Gasteiger charge is -2.17. The van der Waals surface area contributed by atoms with Gasteiger partial charge < -0.3 is 19.4 Å². The van der Waals surface area contributed by atoms with Gasteiger partial charge in [-0.05, 0) is 18.2 Å². The van der Waals surface area contributed by atoms with Gasteiger partial charge in [0.05, 0.1) is 24.8 Å². The highest BCUT2D eigenvalue weighted by Crippen LogP contribution is 2.32. The number of nitrogens with one attached hydrogen (secondary N) is 1. The molecule has 1 N–H and O–H groups in total. The maximum atomic E-state index is 12.5. The van der Waals surface area contributed by atoms with E-state index in [1.54, 1.807) is 17.2 Å². The molecule has 3 heterocycles. The highest BCUT2D eigenvalue weighted by Gasteiger charge is 2.36. The summed E-state index contributed by atoms with van der Waals surface area (Å²) in [7, 11) is 0. The Morgan fingerprint density at radius 2 is 2.12 bits per heavy atom. The molecule has 1 aromatic heterocycles. The van der Waals surface area contributed by atoms with E-state index in [1.165, 1.54) is 0 Å². The van der Waals surface area contributed by atoms with Gasteiger partial charge in [0.15, 0.2) is 0 Å². The second-order valence-electron chi connectivity index (χ2n) is 6.16. The molecule has 1 fully saturated rings. The number of furan rings is 1. The smallest absolute Gasteiger partial charge is 0.226 e. The minimum Gasteiger partial charge on any atom is -0.491 e. The zero-order valence-electron chi connectivity index (χ0n) is 13.1. The van der Waals surface area contributed by atoms with Crippen molar-refractivity contribution in [2.75, 3.05) is 13.2 Å². The van der Waals surface area contributed by atoms with Crippen LogP contribution < -0.4 is 10.1 Å². The molecule has 2 aliphatic rings.